The van der Waals surface area contributed by atoms with Gasteiger partial charge in [-0.05, 0) is 24.0 Å². The molecular weight excluding hydrogens is 288 g/mol. The van der Waals surface area contributed by atoms with E-state index in [4.69, 9.17) is 0 Å². The van der Waals surface area contributed by atoms with Gasteiger partial charge >= 0.3 is 0 Å². The van der Waals surface area contributed by atoms with Crippen LogP contribution in [-0.4, -0.2) is 24.9 Å². The Morgan fingerprint density at radius 2 is 1.91 bits per heavy atom. The van der Waals surface area contributed by atoms with E-state index in [1.807, 2.05) is 12.5 Å². The summed E-state index contributed by atoms with van der Waals surface area (Å²) in [5, 5.41) is 18.9. The lowest BCUT2D eigenvalue weighted by molar-refractivity contribution is 0.0714. The molecule has 3 atom stereocenters. The van der Waals surface area contributed by atoms with Gasteiger partial charge in [-0.2, -0.15) is 10.2 Å². The molecule has 3 heterocycles. The highest BCUT2D eigenvalue weighted by Gasteiger charge is 2.40. The van der Waals surface area contributed by atoms with Crippen LogP contribution in [0.15, 0.2) is 49.2 Å². The second-order valence-electron chi connectivity index (χ2n) is 6.34. The van der Waals surface area contributed by atoms with E-state index in [0.717, 1.165) is 29.7 Å². The summed E-state index contributed by atoms with van der Waals surface area (Å²) in [5.41, 5.74) is 5.67. The van der Waals surface area contributed by atoms with Crippen molar-refractivity contribution in [3.8, 4) is 11.3 Å². The number of fused-ring (bicyclic) bond motifs is 4. The molecule has 5 rings (SSSR count). The first-order valence-corrected chi connectivity index (χ1v) is 7.93. The maximum absolute atomic E-state index is 11.0. The third kappa shape index (κ3) is 1.74. The Kier molecular flexibility index (Phi) is 2.67. The van der Waals surface area contributed by atoms with Gasteiger partial charge in [-0.3, -0.25) is 0 Å². The second kappa shape index (κ2) is 4.73. The normalized spacial score (nSPS) is 24.8. The number of benzene rings is 1. The minimum absolute atomic E-state index is 0.114. The number of nitrogens with zero attached hydrogens (tertiary/aromatic N) is 4. The SMILES string of the molecule is O[C@H]1c2cnncc2CC[C@@H]1[C@@H]1c2ccccc2-c2cncn21. The minimum Gasteiger partial charge on any atom is -0.388 e. The quantitative estimate of drug-likeness (QED) is 0.750. The van der Waals surface area contributed by atoms with E-state index in [-0.39, 0.29) is 12.0 Å². The molecule has 2 aromatic heterocycles. The Morgan fingerprint density at radius 1 is 1.04 bits per heavy atom. The van der Waals surface area contributed by atoms with E-state index in [0.29, 0.717) is 0 Å². The molecule has 2 aliphatic rings. The van der Waals surface area contributed by atoms with E-state index in [2.05, 4.69) is 44.0 Å². The summed E-state index contributed by atoms with van der Waals surface area (Å²) in [6, 6.07) is 8.55. The van der Waals surface area contributed by atoms with Crippen molar-refractivity contribution in [2.75, 3.05) is 0 Å². The predicted molar refractivity (Wildman–Crippen MR) is 84.6 cm³/mol. The van der Waals surface area contributed by atoms with Gasteiger partial charge in [0.1, 0.15) is 0 Å². The monoisotopic (exact) mass is 304 g/mol. The lowest BCUT2D eigenvalue weighted by atomic mass is 9.77. The number of hydrogen-bond acceptors (Lipinski definition) is 4. The highest BCUT2D eigenvalue weighted by Crippen LogP contribution is 2.49. The number of rotatable bonds is 1. The fraction of sp³-hybridized carbons (Fsp3) is 0.278. The third-order valence-electron chi connectivity index (χ3n) is 5.25. The zero-order valence-electron chi connectivity index (χ0n) is 12.5. The molecule has 0 radical (unpaired) electrons. The Balaban J connectivity index is 1.64. The zero-order chi connectivity index (χ0) is 15.4. The maximum atomic E-state index is 11.0. The molecule has 1 aliphatic carbocycles. The van der Waals surface area contributed by atoms with Gasteiger partial charge in [0.2, 0.25) is 0 Å². The van der Waals surface area contributed by atoms with Crippen LogP contribution in [0.4, 0.5) is 0 Å². The highest BCUT2D eigenvalue weighted by atomic mass is 16.3. The number of aromatic nitrogens is 4. The van der Waals surface area contributed by atoms with Gasteiger partial charge < -0.3 is 9.67 Å². The summed E-state index contributed by atoms with van der Waals surface area (Å²) in [6.45, 7) is 0. The molecule has 0 saturated heterocycles. The first-order chi connectivity index (χ1) is 11.3. The number of aryl methyl sites for hydroxylation is 1. The first kappa shape index (κ1) is 13.0. The molecule has 0 saturated carbocycles. The van der Waals surface area contributed by atoms with Gasteiger partial charge in [0.25, 0.3) is 0 Å². The molecule has 0 bridgehead atoms. The Labute approximate surface area is 133 Å². The van der Waals surface area contributed by atoms with Gasteiger partial charge in [0.15, 0.2) is 0 Å². The molecule has 0 spiro atoms. The van der Waals surface area contributed by atoms with Crippen molar-refractivity contribution in [1.82, 2.24) is 19.7 Å². The third-order valence-corrected chi connectivity index (χ3v) is 5.25. The van der Waals surface area contributed by atoms with E-state index in [1.165, 1.54) is 11.1 Å². The van der Waals surface area contributed by atoms with E-state index < -0.39 is 6.10 Å². The Bertz CT molecular complexity index is 888. The van der Waals surface area contributed by atoms with Crippen molar-refractivity contribution < 1.29 is 5.11 Å². The Hall–Kier alpha value is -2.53. The van der Waals surface area contributed by atoms with Crippen LogP contribution in [-0.2, 0) is 6.42 Å². The average Bonchev–Trinajstić information content (AvgIpc) is 3.17. The molecule has 0 unspecified atom stereocenters. The van der Waals surface area contributed by atoms with Gasteiger partial charge in [-0.15, -0.1) is 0 Å². The van der Waals surface area contributed by atoms with Crippen molar-refractivity contribution in [1.29, 1.82) is 0 Å². The van der Waals surface area contributed by atoms with Crippen LogP contribution in [0.1, 0.15) is 35.3 Å². The molecule has 1 aliphatic heterocycles. The molecular formula is C18H16N4O. The second-order valence-corrected chi connectivity index (χ2v) is 6.34. The van der Waals surface area contributed by atoms with Crippen molar-refractivity contribution in [3.63, 3.8) is 0 Å². The van der Waals surface area contributed by atoms with E-state index >= 15 is 0 Å². The molecule has 5 nitrogen and oxygen atoms in total. The van der Waals surface area contributed by atoms with Crippen LogP contribution >= 0.6 is 0 Å². The molecule has 1 N–H and O–H groups in total. The summed E-state index contributed by atoms with van der Waals surface area (Å²) in [5.74, 6) is 0.114. The van der Waals surface area contributed by atoms with Crippen molar-refractivity contribution in [2.45, 2.75) is 25.0 Å². The molecule has 23 heavy (non-hydrogen) atoms. The Morgan fingerprint density at radius 3 is 2.87 bits per heavy atom. The summed E-state index contributed by atoms with van der Waals surface area (Å²) < 4.78 is 2.21. The summed E-state index contributed by atoms with van der Waals surface area (Å²) in [4.78, 5) is 4.32. The predicted octanol–water partition coefficient (Wildman–Crippen LogP) is 2.54. The van der Waals surface area contributed by atoms with Gasteiger partial charge in [-0.25, -0.2) is 4.98 Å². The van der Waals surface area contributed by atoms with Crippen LogP contribution in [0.3, 0.4) is 0 Å². The number of imidazole rings is 1. The lowest BCUT2D eigenvalue weighted by Crippen LogP contribution is -2.28. The van der Waals surface area contributed by atoms with Crippen LogP contribution in [0.25, 0.3) is 11.3 Å². The number of aliphatic hydroxyl groups is 1. The smallest absolute Gasteiger partial charge is 0.0956 e. The first-order valence-electron chi connectivity index (χ1n) is 7.93. The standard InChI is InChI=1S/C18H16N4O/c23-18-14(6-5-11-7-20-21-8-15(11)18)17-13-4-2-1-3-12(13)16-9-19-10-22(16)17/h1-4,7-10,14,17-18,23H,5-6H2/t14-,17+,18-/m1/s1. The maximum Gasteiger partial charge on any atom is 0.0956 e. The molecule has 1 aromatic carbocycles. The van der Waals surface area contributed by atoms with Crippen LogP contribution < -0.4 is 0 Å². The fourth-order valence-electron chi connectivity index (χ4n) is 4.18. The summed E-state index contributed by atoms with van der Waals surface area (Å²) in [7, 11) is 0. The van der Waals surface area contributed by atoms with Gasteiger partial charge in [0, 0.05) is 17.0 Å². The summed E-state index contributed by atoms with van der Waals surface area (Å²) >= 11 is 0. The number of aliphatic hydroxyl groups excluding tert-OH is 1. The highest BCUT2D eigenvalue weighted by molar-refractivity contribution is 5.69. The van der Waals surface area contributed by atoms with Crippen LogP contribution in [0.2, 0.25) is 0 Å². The summed E-state index contributed by atoms with van der Waals surface area (Å²) in [6.07, 6.45) is 8.61. The van der Waals surface area contributed by atoms with E-state index in [9.17, 15) is 5.11 Å². The number of hydrogen-bond donors (Lipinski definition) is 1. The van der Waals surface area contributed by atoms with E-state index in [1.54, 1.807) is 12.4 Å². The molecule has 0 fully saturated rings. The molecule has 114 valence electrons. The van der Waals surface area contributed by atoms with Gasteiger partial charge in [-0.1, -0.05) is 24.3 Å². The topological polar surface area (TPSA) is 63.8 Å². The van der Waals surface area contributed by atoms with Crippen molar-refractivity contribution >= 4 is 0 Å². The van der Waals surface area contributed by atoms with Crippen molar-refractivity contribution in [2.24, 2.45) is 5.92 Å². The molecule has 0 amide bonds. The largest absolute Gasteiger partial charge is 0.388 e. The van der Waals surface area contributed by atoms with Crippen LogP contribution in [0.5, 0.6) is 0 Å². The van der Waals surface area contributed by atoms with Crippen LogP contribution in [0, 0.1) is 5.92 Å². The fourth-order valence-corrected chi connectivity index (χ4v) is 4.18. The molecule has 5 heteroatoms. The average molecular weight is 304 g/mol. The minimum atomic E-state index is -0.527. The zero-order valence-corrected chi connectivity index (χ0v) is 12.5. The lowest BCUT2D eigenvalue weighted by Gasteiger charge is -2.34. The van der Waals surface area contributed by atoms with Gasteiger partial charge in [0.05, 0.1) is 42.8 Å². The van der Waals surface area contributed by atoms with Crippen molar-refractivity contribution in [3.05, 3.63) is 65.9 Å². The molecule has 3 aromatic rings.